The molecule has 1 aliphatic carbocycles. The molecule has 27 heavy (non-hydrogen) atoms. The SMILES string of the molecule is Cc1ccccc1C(=O)Nc1nnc(S(=O)(=O)N(C)[C@@H]2CCCC[C@H]2O)s1. The topological polar surface area (TPSA) is 112 Å². The van der Waals surface area contributed by atoms with Gasteiger partial charge in [-0.25, -0.2) is 8.42 Å². The Balaban J connectivity index is 1.76. The van der Waals surface area contributed by atoms with E-state index >= 15 is 0 Å². The third-order valence-corrected chi connectivity index (χ3v) is 7.84. The van der Waals surface area contributed by atoms with E-state index in [1.165, 1.54) is 11.4 Å². The molecular weight excluding hydrogens is 388 g/mol. The van der Waals surface area contributed by atoms with Gasteiger partial charge in [0, 0.05) is 12.6 Å². The molecule has 0 aliphatic heterocycles. The van der Waals surface area contributed by atoms with Crippen molar-refractivity contribution >= 4 is 32.4 Å². The molecule has 0 bridgehead atoms. The number of benzene rings is 1. The number of aliphatic hydroxyl groups excluding tert-OH is 1. The second-order valence-corrected chi connectivity index (χ2v) is 9.73. The monoisotopic (exact) mass is 410 g/mol. The number of nitrogens with zero attached hydrogens (tertiary/aromatic N) is 3. The van der Waals surface area contributed by atoms with Crippen LogP contribution in [0.5, 0.6) is 0 Å². The Kier molecular flexibility index (Phi) is 5.89. The molecule has 1 fully saturated rings. The van der Waals surface area contributed by atoms with E-state index in [2.05, 4.69) is 15.5 Å². The molecule has 0 radical (unpaired) electrons. The lowest BCUT2D eigenvalue weighted by Gasteiger charge is -2.33. The van der Waals surface area contributed by atoms with Crippen molar-refractivity contribution in [2.45, 2.75) is 49.1 Å². The van der Waals surface area contributed by atoms with Crippen LogP contribution in [-0.2, 0) is 10.0 Å². The molecule has 2 N–H and O–H groups in total. The van der Waals surface area contributed by atoms with Crippen LogP contribution >= 0.6 is 11.3 Å². The molecule has 0 spiro atoms. The number of carbonyl (C=O) groups is 1. The lowest BCUT2D eigenvalue weighted by Crippen LogP contribution is -2.46. The minimum atomic E-state index is -3.89. The van der Waals surface area contributed by atoms with Crippen LogP contribution in [-0.4, -0.2) is 53.1 Å². The Morgan fingerprint density at radius 2 is 1.96 bits per heavy atom. The first kappa shape index (κ1) is 19.9. The van der Waals surface area contributed by atoms with Crippen LogP contribution in [0.4, 0.5) is 5.13 Å². The van der Waals surface area contributed by atoms with Crippen molar-refractivity contribution in [2.24, 2.45) is 0 Å². The number of anilines is 1. The van der Waals surface area contributed by atoms with Gasteiger partial charge in [0.15, 0.2) is 0 Å². The largest absolute Gasteiger partial charge is 0.391 e. The summed E-state index contributed by atoms with van der Waals surface area (Å²) in [5.41, 5.74) is 1.29. The number of aromatic nitrogens is 2. The Hall–Kier alpha value is -1.88. The Morgan fingerprint density at radius 1 is 1.26 bits per heavy atom. The quantitative estimate of drug-likeness (QED) is 0.729. The molecule has 1 aromatic heterocycles. The maximum Gasteiger partial charge on any atom is 0.272 e. The fourth-order valence-corrected chi connectivity index (χ4v) is 5.65. The zero-order valence-corrected chi connectivity index (χ0v) is 16.8. The number of sulfonamides is 1. The maximum absolute atomic E-state index is 12.8. The van der Waals surface area contributed by atoms with Gasteiger partial charge in [-0.15, -0.1) is 10.2 Å². The number of carbonyl (C=O) groups excluding carboxylic acids is 1. The van der Waals surface area contributed by atoms with Crippen molar-refractivity contribution in [3.63, 3.8) is 0 Å². The molecule has 3 rings (SSSR count). The van der Waals surface area contributed by atoms with E-state index in [4.69, 9.17) is 0 Å². The van der Waals surface area contributed by atoms with Crippen LogP contribution in [0.2, 0.25) is 0 Å². The van der Waals surface area contributed by atoms with E-state index in [1.54, 1.807) is 12.1 Å². The van der Waals surface area contributed by atoms with Crippen molar-refractivity contribution in [1.82, 2.24) is 14.5 Å². The normalized spacial score (nSPS) is 20.6. The standard InChI is InChI=1S/C17H22N4O4S2/c1-11-7-3-4-8-12(11)15(23)18-16-19-20-17(26-16)27(24,25)21(2)13-9-5-6-10-14(13)22/h3-4,7-8,13-14,22H,5-6,9-10H2,1-2H3,(H,18,19,23)/t13-,14-/m1/s1. The summed E-state index contributed by atoms with van der Waals surface area (Å²) in [4.78, 5) is 12.4. The van der Waals surface area contributed by atoms with Crippen LogP contribution in [0, 0.1) is 6.92 Å². The lowest BCUT2D eigenvalue weighted by molar-refractivity contribution is 0.0638. The highest BCUT2D eigenvalue weighted by atomic mass is 32.2. The zero-order chi connectivity index (χ0) is 19.6. The van der Waals surface area contributed by atoms with Gasteiger partial charge >= 0.3 is 0 Å². The van der Waals surface area contributed by atoms with Gasteiger partial charge in [0.25, 0.3) is 15.9 Å². The van der Waals surface area contributed by atoms with Gasteiger partial charge in [0.2, 0.25) is 9.47 Å². The summed E-state index contributed by atoms with van der Waals surface area (Å²) in [5.74, 6) is -0.371. The van der Waals surface area contributed by atoms with E-state index in [-0.39, 0.29) is 15.4 Å². The predicted molar refractivity (Wildman–Crippen MR) is 102 cm³/mol. The van der Waals surface area contributed by atoms with E-state index in [1.807, 2.05) is 19.1 Å². The van der Waals surface area contributed by atoms with Crippen LogP contribution in [0.15, 0.2) is 28.6 Å². The molecule has 146 valence electrons. The molecule has 1 amide bonds. The maximum atomic E-state index is 12.8. The summed E-state index contributed by atoms with van der Waals surface area (Å²) in [6.45, 7) is 1.81. The van der Waals surface area contributed by atoms with Crippen LogP contribution in [0.1, 0.15) is 41.6 Å². The lowest BCUT2D eigenvalue weighted by atomic mass is 9.93. The average Bonchev–Trinajstić information content (AvgIpc) is 3.11. The molecular formula is C17H22N4O4S2. The zero-order valence-electron chi connectivity index (χ0n) is 15.1. The van der Waals surface area contributed by atoms with Crippen molar-refractivity contribution < 1.29 is 18.3 Å². The van der Waals surface area contributed by atoms with Gasteiger partial charge in [-0.2, -0.15) is 4.31 Å². The van der Waals surface area contributed by atoms with Gasteiger partial charge in [-0.1, -0.05) is 42.4 Å². The second kappa shape index (κ2) is 8.01. The first-order valence-electron chi connectivity index (χ1n) is 8.67. The summed E-state index contributed by atoms with van der Waals surface area (Å²) in [6, 6.07) is 6.61. The smallest absolute Gasteiger partial charge is 0.272 e. The average molecular weight is 411 g/mol. The van der Waals surface area contributed by atoms with Crippen molar-refractivity contribution in [3.8, 4) is 0 Å². The number of amides is 1. The molecule has 8 nitrogen and oxygen atoms in total. The van der Waals surface area contributed by atoms with Gasteiger partial charge in [-0.05, 0) is 31.4 Å². The van der Waals surface area contributed by atoms with E-state index in [9.17, 15) is 18.3 Å². The highest BCUT2D eigenvalue weighted by Gasteiger charge is 2.36. The minimum Gasteiger partial charge on any atom is -0.391 e. The molecule has 1 saturated carbocycles. The number of likely N-dealkylation sites (N-methyl/N-ethyl adjacent to an activating group) is 1. The summed E-state index contributed by atoms with van der Waals surface area (Å²) >= 11 is 0.797. The molecule has 2 aromatic rings. The summed E-state index contributed by atoms with van der Waals surface area (Å²) in [6.07, 6.45) is 2.26. The molecule has 0 saturated heterocycles. The van der Waals surface area contributed by atoms with Crippen molar-refractivity contribution in [1.29, 1.82) is 0 Å². The van der Waals surface area contributed by atoms with Crippen LogP contribution in [0.3, 0.4) is 0 Å². The van der Waals surface area contributed by atoms with Crippen LogP contribution < -0.4 is 5.32 Å². The Bertz CT molecular complexity index is 929. The van der Waals surface area contributed by atoms with E-state index < -0.39 is 22.2 Å². The third-order valence-electron chi connectivity index (χ3n) is 4.78. The summed E-state index contributed by atoms with van der Waals surface area (Å²) in [7, 11) is -2.45. The van der Waals surface area contributed by atoms with Crippen LogP contribution in [0.25, 0.3) is 0 Å². The third kappa shape index (κ3) is 4.18. The molecule has 1 heterocycles. The molecule has 1 aromatic carbocycles. The molecule has 0 unspecified atom stereocenters. The second-order valence-electron chi connectivity index (χ2n) is 6.58. The first-order valence-corrected chi connectivity index (χ1v) is 10.9. The summed E-state index contributed by atoms with van der Waals surface area (Å²) in [5, 5.41) is 20.4. The van der Waals surface area contributed by atoms with Gasteiger partial charge in [0.1, 0.15) is 0 Å². The molecule has 10 heteroatoms. The Morgan fingerprint density at radius 3 is 2.67 bits per heavy atom. The predicted octanol–water partition coefficient (Wildman–Crippen LogP) is 2.02. The van der Waals surface area contributed by atoms with Crippen molar-refractivity contribution in [2.75, 3.05) is 12.4 Å². The number of nitrogens with one attached hydrogen (secondary N) is 1. The molecule has 1 aliphatic rings. The minimum absolute atomic E-state index is 0.111. The van der Waals surface area contributed by atoms with E-state index in [0.717, 1.165) is 29.7 Å². The fourth-order valence-electron chi connectivity index (χ4n) is 3.17. The number of aliphatic hydroxyl groups is 1. The summed E-state index contributed by atoms with van der Waals surface area (Å²) < 4.78 is 26.6. The fraction of sp³-hybridized carbons (Fsp3) is 0.471. The van der Waals surface area contributed by atoms with Gasteiger partial charge < -0.3 is 5.11 Å². The van der Waals surface area contributed by atoms with Gasteiger partial charge in [-0.3, -0.25) is 10.1 Å². The number of rotatable bonds is 5. The number of hydrogen-bond donors (Lipinski definition) is 2. The molecule has 2 atom stereocenters. The first-order chi connectivity index (χ1) is 12.8. The van der Waals surface area contributed by atoms with E-state index in [0.29, 0.717) is 18.4 Å². The van der Waals surface area contributed by atoms with Crippen molar-refractivity contribution in [3.05, 3.63) is 35.4 Å². The van der Waals surface area contributed by atoms with Gasteiger partial charge in [0.05, 0.1) is 12.1 Å². The highest BCUT2D eigenvalue weighted by Crippen LogP contribution is 2.29. The number of hydrogen-bond acceptors (Lipinski definition) is 7. The Labute approximate surface area is 162 Å². The highest BCUT2D eigenvalue weighted by molar-refractivity contribution is 7.91. The number of aryl methyl sites for hydroxylation is 1.